The predicted octanol–water partition coefficient (Wildman–Crippen LogP) is 2.82. The van der Waals surface area contributed by atoms with Gasteiger partial charge in [0.25, 0.3) is 0 Å². The molecule has 0 radical (unpaired) electrons. The van der Waals surface area contributed by atoms with Crippen LogP contribution in [0.1, 0.15) is 25.7 Å². The third-order valence-corrected chi connectivity index (χ3v) is 4.71. The lowest BCUT2D eigenvalue weighted by Crippen LogP contribution is -2.41. The van der Waals surface area contributed by atoms with Gasteiger partial charge in [-0.05, 0) is 25.0 Å². The van der Waals surface area contributed by atoms with E-state index < -0.39 is 11.6 Å². The van der Waals surface area contributed by atoms with Gasteiger partial charge in [0.2, 0.25) is 5.91 Å². The minimum absolute atomic E-state index is 0.0716. The summed E-state index contributed by atoms with van der Waals surface area (Å²) in [7, 11) is 0. The van der Waals surface area contributed by atoms with Crippen LogP contribution in [0.2, 0.25) is 0 Å². The van der Waals surface area contributed by atoms with Crippen LogP contribution in [0.4, 0.5) is 8.78 Å². The predicted molar refractivity (Wildman–Crippen MR) is 78.1 cm³/mol. The summed E-state index contributed by atoms with van der Waals surface area (Å²) in [5.41, 5.74) is 0. The van der Waals surface area contributed by atoms with E-state index >= 15 is 0 Å². The Morgan fingerprint density at radius 3 is 2.67 bits per heavy atom. The standard InChI is InChI=1S/C15H19F2NO2S/c16-11-5-6-14(13(17)9-11)21-10-15(20)18(7-8-19)12-3-1-2-4-12/h5-6,9,12,19H,1-4,7-8,10H2. The molecule has 1 fully saturated rings. The van der Waals surface area contributed by atoms with E-state index in [0.29, 0.717) is 6.54 Å². The quantitative estimate of drug-likeness (QED) is 0.821. The van der Waals surface area contributed by atoms with Gasteiger partial charge in [0.1, 0.15) is 11.6 Å². The van der Waals surface area contributed by atoms with Crippen LogP contribution in [-0.4, -0.2) is 40.9 Å². The maximum absolute atomic E-state index is 13.5. The number of hydrogen-bond donors (Lipinski definition) is 1. The van der Waals surface area contributed by atoms with Crippen LogP contribution in [0.25, 0.3) is 0 Å². The second kappa shape index (κ2) is 7.75. The van der Waals surface area contributed by atoms with Gasteiger partial charge in [0.15, 0.2) is 0 Å². The maximum Gasteiger partial charge on any atom is 0.233 e. The topological polar surface area (TPSA) is 40.5 Å². The lowest BCUT2D eigenvalue weighted by molar-refractivity contribution is -0.131. The fourth-order valence-electron chi connectivity index (χ4n) is 2.65. The molecule has 0 aromatic heterocycles. The molecule has 0 saturated heterocycles. The summed E-state index contributed by atoms with van der Waals surface area (Å²) in [6, 6.07) is 3.52. The number of amides is 1. The second-order valence-corrected chi connectivity index (χ2v) is 6.13. The molecule has 6 heteroatoms. The van der Waals surface area contributed by atoms with E-state index in [1.807, 2.05) is 0 Å². The zero-order chi connectivity index (χ0) is 15.2. The van der Waals surface area contributed by atoms with Crippen LogP contribution in [0.5, 0.6) is 0 Å². The summed E-state index contributed by atoms with van der Waals surface area (Å²) in [6.45, 7) is 0.244. The van der Waals surface area contributed by atoms with Crippen molar-refractivity contribution in [3.63, 3.8) is 0 Å². The van der Waals surface area contributed by atoms with Crippen molar-refractivity contribution >= 4 is 17.7 Å². The molecule has 2 rings (SSSR count). The van der Waals surface area contributed by atoms with Gasteiger partial charge in [0, 0.05) is 23.5 Å². The van der Waals surface area contributed by atoms with Crippen molar-refractivity contribution in [2.45, 2.75) is 36.6 Å². The summed E-state index contributed by atoms with van der Waals surface area (Å²) < 4.78 is 26.4. The lowest BCUT2D eigenvalue weighted by atomic mass is 10.2. The highest BCUT2D eigenvalue weighted by Crippen LogP contribution is 2.26. The van der Waals surface area contributed by atoms with Gasteiger partial charge in [0.05, 0.1) is 12.4 Å². The van der Waals surface area contributed by atoms with Gasteiger partial charge >= 0.3 is 0 Å². The minimum Gasteiger partial charge on any atom is -0.395 e. The molecule has 0 heterocycles. The van der Waals surface area contributed by atoms with Crippen molar-refractivity contribution < 1.29 is 18.7 Å². The summed E-state index contributed by atoms with van der Waals surface area (Å²) in [5, 5.41) is 9.10. The molecule has 0 bridgehead atoms. The summed E-state index contributed by atoms with van der Waals surface area (Å²) >= 11 is 1.06. The Labute approximate surface area is 127 Å². The third-order valence-electron chi connectivity index (χ3n) is 3.67. The minimum atomic E-state index is -0.651. The molecule has 21 heavy (non-hydrogen) atoms. The molecule has 1 N–H and O–H groups in total. The third kappa shape index (κ3) is 4.41. The van der Waals surface area contributed by atoms with Crippen LogP contribution < -0.4 is 0 Å². The van der Waals surface area contributed by atoms with Crippen molar-refractivity contribution in [1.29, 1.82) is 0 Å². The fourth-order valence-corrected chi connectivity index (χ4v) is 3.46. The fraction of sp³-hybridized carbons (Fsp3) is 0.533. The average Bonchev–Trinajstić information content (AvgIpc) is 2.97. The van der Waals surface area contributed by atoms with Gasteiger partial charge in [-0.1, -0.05) is 12.8 Å². The Morgan fingerprint density at radius 2 is 2.05 bits per heavy atom. The van der Waals surface area contributed by atoms with Gasteiger partial charge < -0.3 is 10.0 Å². The molecular weight excluding hydrogens is 296 g/mol. The van der Waals surface area contributed by atoms with Gasteiger partial charge in [-0.25, -0.2) is 8.78 Å². The Kier molecular flexibility index (Phi) is 5.99. The highest BCUT2D eigenvalue weighted by molar-refractivity contribution is 8.00. The number of thioether (sulfide) groups is 1. The highest BCUT2D eigenvalue weighted by atomic mass is 32.2. The molecule has 0 spiro atoms. The normalized spacial score (nSPS) is 15.4. The van der Waals surface area contributed by atoms with Crippen molar-refractivity contribution in [1.82, 2.24) is 4.90 Å². The smallest absolute Gasteiger partial charge is 0.233 e. The molecule has 3 nitrogen and oxygen atoms in total. The molecule has 1 saturated carbocycles. The summed E-state index contributed by atoms with van der Waals surface area (Å²) in [5.74, 6) is -1.29. The van der Waals surface area contributed by atoms with Crippen molar-refractivity contribution in [2.75, 3.05) is 18.9 Å². The number of halogens is 2. The number of aliphatic hydroxyl groups excluding tert-OH is 1. The van der Waals surface area contributed by atoms with Crippen molar-refractivity contribution in [2.24, 2.45) is 0 Å². The Balaban J connectivity index is 1.95. The van der Waals surface area contributed by atoms with E-state index in [-0.39, 0.29) is 29.2 Å². The van der Waals surface area contributed by atoms with Crippen LogP contribution in [-0.2, 0) is 4.79 Å². The first-order valence-electron chi connectivity index (χ1n) is 7.10. The number of hydrogen-bond acceptors (Lipinski definition) is 3. The number of benzene rings is 1. The zero-order valence-electron chi connectivity index (χ0n) is 11.7. The number of nitrogens with zero attached hydrogens (tertiary/aromatic N) is 1. The average molecular weight is 315 g/mol. The van der Waals surface area contributed by atoms with E-state index in [2.05, 4.69) is 0 Å². The number of carbonyl (C=O) groups is 1. The highest BCUT2D eigenvalue weighted by Gasteiger charge is 2.26. The van der Waals surface area contributed by atoms with Crippen molar-refractivity contribution in [3.05, 3.63) is 29.8 Å². The number of carbonyl (C=O) groups excluding carboxylic acids is 1. The van der Waals surface area contributed by atoms with Crippen LogP contribution >= 0.6 is 11.8 Å². The lowest BCUT2D eigenvalue weighted by Gasteiger charge is -2.28. The van der Waals surface area contributed by atoms with E-state index in [1.165, 1.54) is 12.1 Å². The Hall–Kier alpha value is -1.14. The van der Waals surface area contributed by atoms with Crippen molar-refractivity contribution in [3.8, 4) is 0 Å². The second-order valence-electron chi connectivity index (χ2n) is 5.11. The first-order valence-corrected chi connectivity index (χ1v) is 8.08. The molecule has 1 aliphatic rings. The van der Waals surface area contributed by atoms with E-state index in [1.54, 1.807) is 4.90 Å². The molecule has 1 aromatic carbocycles. The van der Waals surface area contributed by atoms with Gasteiger partial charge in [-0.3, -0.25) is 4.79 Å². The SMILES string of the molecule is O=C(CSc1ccc(F)cc1F)N(CCO)C1CCCC1. The largest absolute Gasteiger partial charge is 0.395 e. The number of rotatable bonds is 6. The maximum atomic E-state index is 13.5. The van der Waals surface area contributed by atoms with Gasteiger partial charge in [-0.15, -0.1) is 11.8 Å². The van der Waals surface area contributed by atoms with Crippen LogP contribution in [0.3, 0.4) is 0 Å². The van der Waals surface area contributed by atoms with Gasteiger partial charge in [-0.2, -0.15) is 0 Å². The van der Waals surface area contributed by atoms with Crippen LogP contribution in [0.15, 0.2) is 23.1 Å². The Bertz CT molecular complexity index is 493. The molecule has 0 unspecified atom stereocenters. The zero-order valence-corrected chi connectivity index (χ0v) is 12.5. The molecule has 116 valence electrons. The first kappa shape index (κ1) is 16.2. The van der Waals surface area contributed by atoms with E-state index in [0.717, 1.165) is 43.5 Å². The molecular formula is C15H19F2NO2S. The first-order chi connectivity index (χ1) is 10.1. The molecule has 0 aliphatic heterocycles. The number of aliphatic hydroxyl groups is 1. The summed E-state index contributed by atoms with van der Waals surface area (Å²) in [4.78, 5) is 14.2. The Morgan fingerprint density at radius 1 is 1.33 bits per heavy atom. The molecule has 1 aliphatic carbocycles. The molecule has 0 atom stereocenters. The van der Waals surface area contributed by atoms with Crippen LogP contribution in [0, 0.1) is 11.6 Å². The van der Waals surface area contributed by atoms with E-state index in [9.17, 15) is 13.6 Å². The summed E-state index contributed by atoms with van der Waals surface area (Å²) in [6.07, 6.45) is 4.11. The monoisotopic (exact) mass is 315 g/mol. The van der Waals surface area contributed by atoms with E-state index in [4.69, 9.17) is 5.11 Å². The molecule has 1 amide bonds. The molecule has 1 aromatic rings.